The van der Waals surface area contributed by atoms with Crippen LogP contribution in [0.25, 0.3) is 0 Å². The number of carboxylic acid groups (broad SMARTS) is 1. The zero-order valence-corrected chi connectivity index (χ0v) is 9.35. The van der Waals surface area contributed by atoms with Crippen LogP contribution < -0.4 is 5.32 Å². The minimum atomic E-state index is -1.02. The Kier molecular flexibility index (Phi) is 3.20. The zero-order chi connectivity index (χ0) is 12.3. The molecule has 0 unspecified atom stereocenters. The first-order valence-electron chi connectivity index (χ1n) is 4.72. The van der Waals surface area contributed by atoms with Crippen LogP contribution in [-0.2, 0) is 0 Å². The lowest BCUT2D eigenvalue weighted by Gasteiger charge is -2.07. The Hall–Kier alpha value is -2.14. The smallest absolute Gasteiger partial charge is 0.335 e. The number of benzene rings is 1. The summed E-state index contributed by atoms with van der Waals surface area (Å²) in [5, 5.41) is 12.0. The van der Waals surface area contributed by atoms with Gasteiger partial charge < -0.3 is 10.4 Å². The molecule has 86 valence electrons. The number of aromatic carboxylic acids is 1. The lowest BCUT2D eigenvalue weighted by molar-refractivity contribution is 0.0697. The second-order valence-corrected chi connectivity index (χ2v) is 3.62. The van der Waals surface area contributed by atoms with Gasteiger partial charge in [0.1, 0.15) is 5.82 Å². The van der Waals surface area contributed by atoms with Crippen molar-refractivity contribution in [1.82, 2.24) is 9.97 Å². The number of carbonyl (C=O) groups is 1. The highest BCUT2D eigenvalue weighted by Gasteiger charge is 2.07. The normalized spacial score (nSPS) is 9.94. The maximum Gasteiger partial charge on any atom is 0.335 e. The summed E-state index contributed by atoms with van der Waals surface area (Å²) >= 11 is 5.95. The number of nitrogens with zero attached hydrogens (tertiary/aromatic N) is 2. The van der Waals surface area contributed by atoms with Gasteiger partial charge in [-0.1, -0.05) is 11.6 Å². The molecule has 0 saturated carbocycles. The Morgan fingerprint density at radius 1 is 1.35 bits per heavy atom. The molecule has 5 nitrogen and oxygen atoms in total. The van der Waals surface area contributed by atoms with Gasteiger partial charge in [0.05, 0.1) is 22.5 Å². The average Bonchev–Trinajstić information content (AvgIpc) is 2.33. The molecule has 0 bridgehead atoms. The second-order valence-electron chi connectivity index (χ2n) is 3.22. The molecule has 0 fully saturated rings. The third-order valence-electron chi connectivity index (χ3n) is 2.04. The van der Waals surface area contributed by atoms with E-state index in [2.05, 4.69) is 15.3 Å². The van der Waals surface area contributed by atoms with Crippen LogP contribution in [0.15, 0.2) is 36.8 Å². The molecule has 17 heavy (non-hydrogen) atoms. The standard InChI is InChI=1S/C11H8ClN3O2/c12-8-5-7(11(16)17)1-2-9(8)15-10-6-13-3-4-14-10/h1-6H,(H,14,15)(H,16,17). The maximum absolute atomic E-state index is 10.7. The predicted octanol–water partition coefficient (Wildman–Crippen LogP) is 2.57. The number of anilines is 2. The van der Waals surface area contributed by atoms with Gasteiger partial charge in [-0.15, -0.1) is 0 Å². The number of hydrogen-bond acceptors (Lipinski definition) is 4. The number of rotatable bonds is 3. The van der Waals surface area contributed by atoms with Crippen molar-refractivity contribution in [3.8, 4) is 0 Å². The van der Waals surface area contributed by atoms with Crippen LogP contribution >= 0.6 is 11.6 Å². The first-order valence-corrected chi connectivity index (χ1v) is 5.10. The number of nitrogens with one attached hydrogen (secondary N) is 1. The van der Waals surface area contributed by atoms with Crippen molar-refractivity contribution in [2.75, 3.05) is 5.32 Å². The molecule has 0 amide bonds. The second kappa shape index (κ2) is 4.80. The third-order valence-corrected chi connectivity index (χ3v) is 2.35. The summed E-state index contributed by atoms with van der Waals surface area (Å²) in [5.74, 6) is -0.476. The van der Waals surface area contributed by atoms with Crippen LogP contribution in [0.1, 0.15) is 10.4 Å². The Bertz CT molecular complexity index is 546. The van der Waals surface area contributed by atoms with Crippen molar-refractivity contribution in [2.24, 2.45) is 0 Å². The van der Waals surface area contributed by atoms with Gasteiger partial charge in [-0.3, -0.25) is 4.98 Å². The van der Waals surface area contributed by atoms with Crippen LogP contribution in [0, 0.1) is 0 Å². The molecule has 0 radical (unpaired) electrons. The highest BCUT2D eigenvalue weighted by Crippen LogP contribution is 2.25. The molecule has 0 saturated heterocycles. The topological polar surface area (TPSA) is 75.1 Å². The van der Waals surface area contributed by atoms with Gasteiger partial charge >= 0.3 is 5.97 Å². The molecular weight excluding hydrogens is 242 g/mol. The lowest BCUT2D eigenvalue weighted by atomic mass is 10.2. The molecule has 0 aliphatic rings. The fraction of sp³-hybridized carbons (Fsp3) is 0. The van der Waals surface area contributed by atoms with E-state index in [1.807, 2.05) is 0 Å². The van der Waals surface area contributed by atoms with E-state index in [0.717, 1.165) is 0 Å². The summed E-state index contributed by atoms with van der Waals surface area (Å²) in [6.45, 7) is 0. The molecule has 0 spiro atoms. The molecule has 0 aliphatic carbocycles. The molecule has 2 rings (SSSR count). The fourth-order valence-corrected chi connectivity index (χ4v) is 1.48. The Balaban J connectivity index is 2.26. The SMILES string of the molecule is O=C(O)c1ccc(Nc2cnccn2)c(Cl)c1. The maximum atomic E-state index is 10.7. The summed E-state index contributed by atoms with van der Waals surface area (Å²) in [7, 11) is 0. The highest BCUT2D eigenvalue weighted by molar-refractivity contribution is 6.33. The Morgan fingerprint density at radius 2 is 2.18 bits per heavy atom. The van der Waals surface area contributed by atoms with E-state index in [4.69, 9.17) is 16.7 Å². The van der Waals surface area contributed by atoms with E-state index in [0.29, 0.717) is 16.5 Å². The van der Waals surface area contributed by atoms with Gasteiger partial charge in [-0.05, 0) is 18.2 Å². The third kappa shape index (κ3) is 2.70. The number of halogens is 1. The van der Waals surface area contributed by atoms with Crippen molar-refractivity contribution in [3.05, 3.63) is 47.4 Å². The van der Waals surface area contributed by atoms with Gasteiger partial charge in [0.15, 0.2) is 0 Å². The quantitative estimate of drug-likeness (QED) is 0.874. The molecule has 0 atom stereocenters. The zero-order valence-electron chi connectivity index (χ0n) is 8.59. The van der Waals surface area contributed by atoms with Gasteiger partial charge in [-0.25, -0.2) is 9.78 Å². The fourth-order valence-electron chi connectivity index (χ4n) is 1.25. The molecule has 2 N–H and O–H groups in total. The first-order chi connectivity index (χ1) is 8.16. The molecule has 0 aliphatic heterocycles. The van der Waals surface area contributed by atoms with Crippen LogP contribution in [0.5, 0.6) is 0 Å². The van der Waals surface area contributed by atoms with Crippen LogP contribution in [0.2, 0.25) is 5.02 Å². The van der Waals surface area contributed by atoms with Gasteiger partial charge in [0.25, 0.3) is 0 Å². The van der Waals surface area contributed by atoms with Crippen LogP contribution in [-0.4, -0.2) is 21.0 Å². The van der Waals surface area contributed by atoms with Gasteiger partial charge in [0.2, 0.25) is 0 Å². The summed E-state index contributed by atoms with van der Waals surface area (Å²) in [5.41, 5.74) is 0.719. The molecule has 1 aromatic carbocycles. The first kappa shape index (κ1) is 11.3. The molecule has 2 aromatic rings. The van der Waals surface area contributed by atoms with Crippen molar-refractivity contribution < 1.29 is 9.90 Å². The highest BCUT2D eigenvalue weighted by atomic mass is 35.5. The van der Waals surface area contributed by atoms with E-state index >= 15 is 0 Å². The average molecular weight is 250 g/mol. The number of aromatic nitrogens is 2. The number of carboxylic acids is 1. The Labute approximate surface area is 102 Å². The monoisotopic (exact) mass is 249 g/mol. The van der Waals surface area contributed by atoms with E-state index < -0.39 is 5.97 Å². The molecule has 1 heterocycles. The van der Waals surface area contributed by atoms with Gasteiger partial charge in [0, 0.05) is 12.4 Å². The lowest BCUT2D eigenvalue weighted by Crippen LogP contribution is -1.98. The van der Waals surface area contributed by atoms with Gasteiger partial charge in [-0.2, -0.15) is 0 Å². The minimum absolute atomic E-state index is 0.139. The van der Waals surface area contributed by atoms with Crippen molar-refractivity contribution in [3.63, 3.8) is 0 Å². The van der Waals surface area contributed by atoms with Crippen LogP contribution in [0.4, 0.5) is 11.5 Å². The minimum Gasteiger partial charge on any atom is -0.478 e. The van der Waals surface area contributed by atoms with Crippen molar-refractivity contribution >= 4 is 29.1 Å². The summed E-state index contributed by atoms with van der Waals surface area (Å²) in [6.07, 6.45) is 4.64. The summed E-state index contributed by atoms with van der Waals surface area (Å²) in [6, 6.07) is 4.43. The molecular formula is C11H8ClN3O2. The van der Waals surface area contributed by atoms with E-state index in [1.54, 1.807) is 24.7 Å². The molecule has 6 heteroatoms. The largest absolute Gasteiger partial charge is 0.478 e. The van der Waals surface area contributed by atoms with E-state index in [9.17, 15) is 4.79 Å². The van der Waals surface area contributed by atoms with E-state index in [1.165, 1.54) is 12.1 Å². The molecule has 1 aromatic heterocycles. The number of hydrogen-bond donors (Lipinski definition) is 2. The summed E-state index contributed by atoms with van der Waals surface area (Å²) in [4.78, 5) is 18.6. The summed E-state index contributed by atoms with van der Waals surface area (Å²) < 4.78 is 0. The van der Waals surface area contributed by atoms with Crippen molar-refractivity contribution in [2.45, 2.75) is 0 Å². The Morgan fingerprint density at radius 3 is 2.76 bits per heavy atom. The predicted molar refractivity (Wildman–Crippen MR) is 63.7 cm³/mol. The van der Waals surface area contributed by atoms with E-state index in [-0.39, 0.29) is 5.56 Å². The van der Waals surface area contributed by atoms with Crippen LogP contribution in [0.3, 0.4) is 0 Å². The van der Waals surface area contributed by atoms with Crippen molar-refractivity contribution in [1.29, 1.82) is 0 Å².